The van der Waals surface area contributed by atoms with Crippen molar-refractivity contribution in [3.63, 3.8) is 0 Å². The van der Waals surface area contributed by atoms with Crippen molar-refractivity contribution in [1.29, 1.82) is 0 Å². The minimum Gasteiger partial charge on any atom is -0.476 e. The molecule has 0 saturated carbocycles. The Morgan fingerprint density at radius 1 is 1.67 bits per heavy atom. The zero-order valence-electron chi connectivity index (χ0n) is 9.20. The number of carbonyl (C=O) groups excluding carboxylic acids is 1. The number of nitrogens with zero attached hydrogens (tertiary/aromatic N) is 2. The number of nitrogens with two attached hydrogens (primary N) is 1. The van der Waals surface area contributed by atoms with Crippen molar-refractivity contribution >= 4 is 5.91 Å². The zero-order chi connectivity index (χ0) is 11.4. The summed E-state index contributed by atoms with van der Waals surface area (Å²) in [5.74, 6) is -0.0877. The molecule has 15 heavy (non-hydrogen) atoms. The minimum absolute atomic E-state index is 0.355. The van der Waals surface area contributed by atoms with Crippen LogP contribution in [0.25, 0.3) is 0 Å². The van der Waals surface area contributed by atoms with Crippen LogP contribution in [0.4, 0.5) is 0 Å². The van der Waals surface area contributed by atoms with E-state index in [1.807, 2.05) is 7.05 Å². The van der Waals surface area contributed by atoms with Crippen LogP contribution in [-0.4, -0.2) is 35.9 Å². The molecule has 0 aliphatic carbocycles. The summed E-state index contributed by atoms with van der Waals surface area (Å²) in [6.45, 7) is 2.89. The largest absolute Gasteiger partial charge is 0.476 e. The number of aromatic nitrogens is 2. The second kappa shape index (κ2) is 4.79. The average Bonchev–Trinajstić information content (AvgIpc) is 2.42. The van der Waals surface area contributed by atoms with E-state index in [1.54, 1.807) is 14.0 Å². The lowest BCUT2D eigenvalue weighted by Crippen LogP contribution is -2.19. The van der Waals surface area contributed by atoms with Crippen LogP contribution in [0.3, 0.4) is 0 Å². The maximum atomic E-state index is 11.2. The van der Waals surface area contributed by atoms with Gasteiger partial charge in [-0.2, -0.15) is 5.10 Å². The van der Waals surface area contributed by atoms with Crippen LogP contribution in [0.15, 0.2) is 0 Å². The molecule has 0 spiro atoms. The maximum absolute atomic E-state index is 11.2. The summed E-state index contributed by atoms with van der Waals surface area (Å²) in [6.07, 6.45) is 0. The Morgan fingerprint density at radius 2 is 2.33 bits per heavy atom. The zero-order valence-corrected chi connectivity index (χ0v) is 9.20. The number of hydrogen-bond acceptors (Lipinski definition) is 4. The van der Waals surface area contributed by atoms with Gasteiger partial charge in [0.2, 0.25) is 5.88 Å². The molecule has 1 amide bonds. The molecule has 1 aromatic rings. The van der Waals surface area contributed by atoms with Gasteiger partial charge in [0.05, 0.1) is 5.69 Å². The Labute approximate surface area is 88.4 Å². The first-order chi connectivity index (χ1) is 7.07. The first kappa shape index (κ1) is 11.5. The lowest BCUT2D eigenvalue weighted by Gasteiger charge is -2.06. The van der Waals surface area contributed by atoms with Gasteiger partial charge < -0.3 is 15.8 Å². The van der Waals surface area contributed by atoms with Gasteiger partial charge in [0, 0.05) is 13.6 Å². The molecule has 0 fully saturated rings. The highest BCUT2D eigenvalue weighted by molar-refractivity contribution is 5.96. The number of nitrogens with one attached hydrogen (secondary N) is 1. The molecular weight excluding hydrogens is 196 g/mol. The van der Waals surface area contributed by atoms with Crippen molar-refractivity contribution in [3.8, 4) is 5.88 Å². The molecule has 1 aromatic heterocycles. The van der Waals surface area contributed by atoms with Crippen molar-refractivity contribution < 1.29 is 9.53 Å². The SMILES string of the molecule is CNCCOc1c(C(N)=O)c(C)nn1C. The van der Waals surface area contributed by atoms with Gasteiger partial charge in [-0.15, -0.1) is 0 Å². The van der Waals surface area contributed by atoms with E-state index in [0.717, 1.165) is 0 Å². The lowest BCUT2D eigenvalue weighted by atomic mass is 10.2. The molecule has 6 heteroatoms. The standard InChI is InChI=1S/C9H16N4O2/c1-6-7(8(10)14)9(13(3)12-6)15-5-4-11-2/h11H,4-5H2,1-3H3,(H2,10,14). The van der Waals surface area contributed by atoms with Crippen LogP contribution in [0.1, 0.15) is 16.1 Å². The molecule has 3 N–H and O–H groups in total. The van der Waals surface area contributed by atoms with Crippen LogP contribution in [-0.2, 0) is 7.05 Å². The highest BCUT2D eigenvalue weighted by atomic mass is 16.5. The highest BCUT2D eigenvalue weighted by Crippen LogP contribution is 2.20. The summed E-state index contributed by atoms with van der Waals surface area (Å²) >= 11 is 0. The Kier molecular flexibility index (Phi) is 3.68. The number of amides is 1. The quantitative estimate of drug-likeness (QED) is 0.640. The van der Waals surface area contributed by atoms with E-state index in [-0.39, 0.29) is 0 Å². The summed E-state index contributed by atoms with van der Waals surface area (Å²) in [4.78, 5) is 11.2. The van der Waals surface area contributed by atoms with Crippen LogP contribution in [0.5, 0.6) is 5.88 Å². The number of primary amides is 1. The molecule has 0 aliphatic heterocycles. The second-order valence-electron chi connectivity index (χ2n) is 3.21. The van der Waals surface area contributed by atoms with Crippen LogP contribution >= 0.6 is 0 Å². The number of aryl methyl sites for hydroxylation is 2. The predicted octanol–water partition coefficient (Wildman–Crippen LogP) is -0.574. The van der Waals surface area contributed by atoms with Crippen LogP contribution < -0.4 is 15.8 Å². The summed E-state index contributed by atoms with van der Waals surface area (Å²) in [5, 5.41) is 7.02. The van der Waals surface area contributed by atoms with Crippen molar-refractivity contribution in [2.75, 3.05) is 20.2 Å². The molecule has 0 bridgehead atoms. The number of rotatable bonds is 5. The fraction of sp³-hybridized carbons (Fsp3) is 0.556. The number of carbonyl (C=O) groups is 1. The monoisotopic (exact) mass is 212 g/mol. The Bertz CT molecular complexity index is 359. The van der Waals surface area contributed by atoms with Crippen molar-refractivity contribution in [3.05, 3.63) is 11.3 Å². The number of ether oxygens (including phenoxy) is 1. The van der Waals surface area contributed by atoms with E-state index in [0.29, 0.717) is 30.3 Å². The topological polar surface area (TPSA) is 82.2 Å². The fourth-order valence-corrected chi connectivity index (χ4v) is 1.34. The summed E-state index contributed by atoms with van der Waals surface area (Å²) in [5.41, 5.74) is 6.19. The molecule has 1 heterocycles. The van der Waals surface area contributed by atoms with Crippen molar-refractivity contribution in [1.82, 2.24) is 15.1 Å². The maximum Gasteiger partial charge on any atom is 0.256 e. The van der Waals surface area contributed by atoms with E-state index in [9.17, 15) is 4.79 Å². The van der Waals surface area contributed by atoms with E-state index in [4.69, 9.17) is 10.5 Å². The summed E-state index contributed by atoms with van der Waals surface area (Å²) in [6, 6.07) is 0. The molecule has 84 valence electrons. The van der Waals surface area contributed by atoms with Crippen molar-refractivity contribution in [2.24, 2.45) is 12.8 Å². The first-order valence-electron chi connectivity index (χ1n) is 4.68. The predicted molar refractivity (Wildman–Crippen MR) is 55.9 cm³/mol. The smallest absolute Gasteiger partial charge is 0.256 e. The third kappa shape index (κ3) is 2.47. The van der Waals surface area contributed by atoms with E-state index in [2.05, 4.69) is 10.4 Å². The lowest BCUT2D eigenvalue weighted by molar-refractivity contribution is 0.0995. The third-order valence-corrected chi connectivity index (χ3v) is 2.01. The molecule has 0 saturated heterocycles. The molecule has 6 nitrogen and oxygen atoms in total. The first-order valence-corrected chi connectivity index (χ1v) is 4.68. The molecule has 0 radical (unpaired) electrons. The normalized spacial score (nSPS) is 10.3. The Morgan fingerprint density at radius 3 is 2.87 bits per heavy atom. The molecule has 0 unspecified atom stereocenters. The van der Waals surface area contributed by atoms with Gasteiger partial charge in [-0.05, 0) is 14.0 Å². The minimum atomic E-state index is -0.514. The Hall–Kier alpha value is -1.56. The van der Waals surface area contributed by atoms with Crippen LogP contribution in [0, 0.1) is 6.92 Å². The molecule has 0 aromatic carbocycles. The van der Waals surface area contributed by atoms with Gasteiger partial charge in [0.15, 0.2) is 0 Å². The molecule has 0 atom stereocenters. The van der Waals surface area contributed by atoms with Crippen molar-refractivity contribution in [2.45, 2.75) is 6.92 Å². The Balaban J connectivity index is 2.89. The highest BCUT2D eigenvalue weighted by Gasteiger charge is 2.18. The van der Waals surface area contributed by atoms with Gasteiger partial charge in [0.1, 0.15) is 12.2 Å². The number of hydrogen-bond donors (Lipinski definition) is 2. The summed E-state index contributed by atoms with van der Waals surface area (Å²) in [7, 11) is 3.54. The summed E-state index contributed by atoms with van der Waals surface area (Å²) < 4.78 is 6.95. The van der Waals surface area contributed by atoms with E-state index in [1.165, 1.54) is 4.68 Å². The third-order valence-electron chi connectivity index (χ3n) is 2.01. The van der Waals surface area contributed by atoms with E-state index < -0.39 is 5.91 Å². The molecule has 0 aliphatic rings. The second-order valence-corrected chi connectivity index (χ2v) is 3.21. The molecule has 1 rings (SSSR count). The van der Waals surface area contributed by atoms with E-state index >= 15 is 0 Å². The van der Waals surface area contributed by atoms with Gasteiger partial charge in [0.25, 0.3) is 5.91 Å². The van der Waals surface area contributed by atoms with Gasteiger partial charge in [-0.25, -0.2) is 4.68 Å². The average molecular weight is 212 g/mol. The number of likely N-dealkylation sites (N-methyl/N-ethyl adjacent to an activating group) is 1. The van der Waals surface area contributed by atoms with Gasteiger partial charge in [-0.1, -0.05) is 0 Å². The van der Waals surface area contributed by atoms with Crippen LogP contribution in [0.2, 0.25) is 0 Å². The molecular formula is C9H16N4O2. The fourth-order valence-electron chi connectivity index (χ4n) is 1.34. The van der Waals surface area contributed by atoms with Gasteiger partial charge in [-0.3, -0.25) is 4.79 Å². The van der Waals surface area contributed by atoms with Gasteiger partial charge >= 0.3 is 0 Å².